The second kappa shape index (κ2) is 6.57. The van der Waals surface area contributed by atoms with Gasteiger partial charge < -0.3 is 4.90 Å². The van der Waals surface area contributed by atoms with Crippen LogP contribution in [0.15, 0.2) is 54.6 Å². The van der Waals surface area contributed by atoms with Crippen LogP contribution in [-0.4, -0.2) is 16.3 Å². The van der Waals surface area contributed by atoms with Crippen LogP contribution >= 0.6 is 0 Å². The minimum atomic E-state index is -0.0990. The Morgan fingerprint density at radius 1 is 1.00 bits per heavy atom. The smallest absolute Gasteiger partial charge is 0.223 e. The molecular formula is C21H25NO. The molecule has 0 N–H and O–H groups in total. The van der Waals surface area contributed by atoms with Gasteiger partial charge in [-0.25, -0.2) is 0 Å². The van der Waals surface area contributed by atoms with Crippen LogP contribution in [0.3, 0.4) is 0 Å². The maximum Gasteiger partial charge on any atom is 0.223 e. The number of fused-ring (bicyclic) bond motifs is 1. The maximum atomic E-state index is 12.7. The first-order chi connectivity index (χ1) is 11.1. The lowest BCUT2D eigenvalue weighted by molar-refractivity contribution is -0.138. The zero-order chi connectivity index (χ0) is 16.3. The van der Waals surface area contributed by atoms with Crippen molar-refractivity contribution in [2.45, 2.75) is 51.6 Å². The summed E-state index contributed by atoms with van der Waals surface area (Å²) in [4.78, 5) is 14.8. The van der Waals surface area contributed by atoms with Crippen LogP contribution in [0.1, 0.15) is 43.4 Å². The van der Waals surface area contributed by atoms with E-state index in [4.69, 9.17) is 0 Å². The number of rotatable bonds is 4. The summed E-state index contributed by atoms with van der Waals surface area (Å²) >= 11 is 0. The molecule has 0 radical (unpaired) electrons. The second-order valence-electron chi connectivity index (χ2n) is 7.08. The van der Waals surface area contributed by atoms with E-state index in [9.17, 15) is 4.79 Å². The van der Waals surface area contributed by atoms with Gasteiger partial charge in [0.05, 0.1) is 0 Å². The molecule has 0 saturated heterocycles. The van der Waals surface area contributed by atoms with Gasteiger partial charge in [0.15, 0.2) is 0 Å². The Bertz CT molecular complexity index is 675. The van der Waals surface area contributed by atoms with E-state index in [1.807, 2.05) is 6.07 Å². The molecule has 23 heavy (non-hydrogen) atoms. The molecular weight excluding hydrogens is 282 g/mol. The summed E-state index contributed by atoms with van der Waals surface area (Å²) in [5.74, 6) is 0.278. The Labute approximate surface area is 139 Å². The topological polar surface area (TPSA) is 20.3 Å². The van der Waals surface area contributed by atoms with E-state index in [2.05, 4.69) is 67.3 Å². The fourth-order valence-electron chi connectivity index (χ4n) is 3.48. The van der Waals surface area contributed by atoms with E-state index in [-0.39, 0.29) is 11.4 Å². The van der Waals surface area contributed by atoms with Gasteiger partial charge in [-0.1, -0.05) is 54.6 Å². The molecule has 0 fully saturated rings. The summed E-state index contributed by atoms with van der Waals surface area (Å²) in [6.45, 7) is 5.10. The molecule has 1 heterocycles. The minimum Gasteiger partial charge on any atom is -0.333 e. The van der Waals surface area contributed by atoms with Crippen molar-refractivity contribution >= 4 is 5.91 Å². The average molecular weight is 307 g/mol. The number of nitrogens with zero attached hydrogens (tertiary/aromatic N) is 1. The van der Waals surface area contributed by atoms with Gasteiger partial charge in [-0.2, -0.15) is 0 Å². The third-order valence-electron chi connectivity index (χ3n) is 4.80. The van der Waals surface area contributed by atoms with Gasteiger partial charge >= 0.3 is 0 Å². The normalized spacial score (nSPS) is 16.0. The molecule has 120 valence electrons. The summed E-state index contributed by atoms with van der Waals surface area (Å²) in [6, 6.07) is 18.9. The molecule has 2 heteroatoms. The molecule has 0 bridgehead atoms. The van der Waals surface area contributed by atoms with Gasteiger partial charge in [0, 0.05) is 18.5 Å². The Morgan fingerprint density at radius 2 is 1.65 bits per heavy atom. The molecule has 1 amide bonds. The zero-order valence-electron chi connectivity index (χ0n) is 14.1. The predicted octanol–water partition coefficient (Wildman–Crippen LogP) is 4.37. The molecule has 0 saturated carbocycles. The van der Waals surface area contributed by atoms with Gasteiger partial charge in [-0.3, -0.25) is 4.79 Å². The molecule has 2 aromatic carbocycles. The predicted molar refractivity (Wildman–Crippen MR) is 94.2 cm³/mol. The average Bonchev–Trinajstić information content (AvgIpc) is 2.54. The number of aryl methyl sites for hydroxylation is 1. The summed E-state index contributed by atoms with van der Waals surface area (Å²) in [7, 11) is 0. The van der Waals surface area contributed by atoms with Crippen molar-refractivity contribution in [1.29, 1.82) is 0 Å². The van der Waals surface area contributed by atoms with Gasteiger partial charge in [0.2, 0.25) is 5.91 Å². The summed E-state index contributed by atoms with van der Waals surface area (Å²) in [6.07, 6.45) is 3.45. The van der Waals surface area contributed by atoms with Crippen molar-refractivity contribution in [2.75, 3.05) is 0 Å². The highest BCUT2D eigenvalue weighted by atomic mass is 16.2. The Morgan fingerprint density at radius 3 is 2.39 bits per heavy atom. The molecule has 1 aliphatic heterocycles. The van der Waals surface area contributed by atoms with Crippen molar-refractivity contribution in [3.8, 4) is 0 Å². The zero-order valence-corrected chi connectivity index (χ0v) is 14.1. The molecule has 0 atom stereocenters. The lowest BCUT2D eigenvalue weighted by Crippen LogP contribution is -2.51. The first kappa shape index (κ1) is 15.8. The SMILES string of the molecule is CC1(C)Cc2ccccc2CN1C(=O)CCCc1ccccc1. The van der Waals surface area contributed by atoms with Crippen molar-refractivity contribution in [2.24, 2.45) is 0 Å². The van der Waals surface area contributed by atoms with Crippen LogP contribution in [0.2, 0.25) is 0 Å². The number of amides is 1. The highest BCUT2D eigenvalue weighted by Crippen LogP contribution is 2.31. The van der Waals surface area contributed by atoms with Crippen LogP contribution in [0.25, 0.3) is 0 Å². The number of carbonyl (C=O) groups is 1. The van der Waals surface area contributed by atoms with E-state index < -0.39 is 0 Å². The molecule has 0 unspecified atom stereocenters. The molecule has 2 aromatic rings. The highest BCUT2D eigenvalue weighted by Gasteiger charge is 2.35. The Balaban J connectivity index is 1.62. The Hall–Kier alpha value is -2.09. The monoisotopic (exact) mass is 307 g/mol. The van der Waals surface area contributed by atoms with Gasteiger partial charge in [0.25, 0.3) is 0 Å². The number of carbonyl (C=O) groups excluding carboxylic acids is 1. The number of hydrogen-bond acceptors (Lipinski definition) is 1. The van der Waals surface area contributed by atoms with Crippen molar-refractivity contribution < 1.29 is 4.79 Å². The van der Waals surface area contributed by atoms with Crippen molar-refractivity contribution in [3.05, 3.63) is 71.3 Å². The number of benzene rings is 2. The van der Waals surface area contributed by atoms with Crippen LogP contribution in [0.5, 0.6) is 0 Å². The largest absolute Gasteiger partial charge is 0.333 e. The third-order valence-corrected chi connectivity index (χ3v) is 4.80. The standard InChI is InChI=1S/C21H25NO/c1-21(2)15-18-12-6-7-13-19(18)16-22(21)20(23)14-8-11-17-9-4-3-5-10-17/h3-7,9-10,12-13H,8,11,14-16H2,1-2H3. The van der Waals surface area contributed by atoms with E-state index in [1.54, 1.807) is 0 Å². The molecule has 3 rings (SSSR count). The third kappa shape index (κ3) is 3.64. The molecule has 0 aliphatic carbocycles. The Kier molecular flexibility index (Phi) is 4.51. The fourth-order valence-corrected chi connectivity index (χ4v) is 3.48. The molecule has 0 spiro atoms. The van der Waals surface area contributed by atoms with Crippen LogP contribution in [0, 0.1) is 0 Å². The number of hydrogen-bond donors (Lipinski definition) is 0. The lowest BCUT2D eigenvalue weighted by atomic mass is 9.85. The molecule has 1 aliphatic rings. The summed E-state index contributed by atoms with van der Waals surface area (Å²) in [5.41, 5.74) is 3.88. The van der Waals surface area contributed by atoms with Crippen LogP contribution in [0.4, 0.5) is 0 Å². The first-order valence-electron chi connectivity index (χ1n) is 8.47. The summed E-state index contributed by atoms with van der Waals surface area (Å²) in [5, 5.41) is 0. The summed E-state index contributed by atoms with van der Waals surface area (Å²) < 4.78 is 0. The van der Waals surface area contributed by atoms with E-state index >= 15 is 0 Å². The second-order valence-corrected chi connectivity index (χ2v) is 7.08. The van der Waals surface area contributed by atoms with E-state index in [1.165, 1.54) is 16.7 Å². The fraction of sp³-hybridized carbons (Fsp3) is 0.381. The molecule has 2 nitrogen and oxygen atoms in total. The van der Waals surface area contributed by atoms with E-state index in [0.29, 0.717) is 6.42 Å². The van der Waals surface area contributed by atoms with Gasteiger partial charge in [-0.05, 0) is 49.8 Å². The van der Waals surface area contributed by atoms with Crippen LogP contribution < -0.4 is 0 Å². The van der Waals surface area contributed by atoms with Crippen LogP contribution in [-0.2, 0) is 24.2 Å². The van der Waals surface area contributed by atoms with E-state index in [0.717, 1.165) is 25.8 Å². The van der Waals surface area contributed by atoms with Gasteiger partial charge in [0.1, 0.15) is 0 Å². The first-order valence-corrected chi connectivity index (χ1v) is 8.47. The lowest BCUT2D eigenvalue weighted by Gasteiger charge is -2.43. The molecule has 0 aromatic heterocycles. The quantitative estimate of drug-likeness (QED) is 0.821. The minimum absolute atomic E-state index is 0.0990. The van der Waals surface area contributed by atoms with Crippen molar-refractivity contribution in [3.63, 3.8) is 0 Å². The van der Waals surface area contributed by atoms with Crippen molar-refractivity contribution in [1.82, 2.24) is 4.90 Å². The highest BCUT2D eigenvalue weighted by molar-refractivity contribution is 5.77. The maximum absolute atomic E-state index is 12.7. The van der Waals surface area contributed by atoms with Gasteiger partial charge in [-0.15, -0.1) is 0 Å².